The Morgan fingerprint density at radius 3 is 2.88 bits per heavy atom. The molecule has 1 aromatic heterocycles. The number of H-pyrrole nitrogens is 1. The van der Waals surface area contributed by atoms with Crippen molar-refractivity contribution in [2.24, 2.45) is 11.0 Å². The van der Waals surface area contributed by atoms with Gasteiger partial charge in [0.25, 0.3) is 5.56 Å². The third-order valence-electron chi connectivity index (χ3n) is 4.88. The van der Waals surface area contributed by atoms with E-state index in [-0.39, 0.29) is 12.0 Å². The highest BCUT2D eigenvalue weighted by molar-refractivity contribution is 5.00. The Balaban J connectivity index is 2.31. The summed E-state index contributed by atoms with van der Waals surface area (Å²) in [5.41, 5.74) is 6.94. The van der Waals surface area contributed by atoms with Crippen LogP contribution in [-0.2, 0) is 9.47 Å². The van der Waals surface area contributed by atoms with Gasteiger partial charge in [-0.1, -0.05) is 19.0 Å². The Hall–Kier alpha value is -2.09. The summed E-state index contributed by atoms with van der Waals surface area (Å²) in [6, 6.07) is 1.29. The molecule has 1 aromatic rings. The van der Waals surface area contributed by atoms with E-state index in [1.807, 2.05) is 13.8 Å². The molecule has 1 aliphatic heterocycles. The first-order valence-corrected chi connectivity index (χ1v) is 8.02. The first kappa shape index (κ1) is 18.3. The molecule has 0 bridgehead atoms. The summed E-state index contributed by atoms with van der Waals surface area (Å²) in [7, 11) is 1.58. The van der Waals surface area contributed by atoms with Gasteiger partial charge in [0.15, 0.2) is 6.23 Å². The lowest BCUT2D eigenvalue weighted by atomic mass is 9.81. The van der Waals surface area contributed by atoms with E-state index in [1.165, 1.54) is 16.8 Å². The number of nitrogens with one attached hydrogen (secondary N) is 1. The van der Waals surface area contributed by atoms with E-state index >= 15 is 0 Å². The van der Waals surface area contributed by atoms with Crippen molar-refractivity contribution in [3.05, 3.63) is 43.5 Å². The standard InChI is InChI=1S/C15H23N5O4/c1-4-15(7-5-8-17-19-16)10(2)12(23-3)13(24-15)20-9-6-11(21)18-14(20)22/h6,9-10,12-13H,4-5,7-8H2,1-3H3,(H,18,21,22)/t10-,12?,13-,15+/m1/s1. The molecule has 0 radical (unpaired) electrons. The topological polar surface area (TPSA) is 122 Å². The predicted molar refractivity (Wildman–Crippen MR) is 87.7 cm³/mol. The van der Waals surface area contributed by atoms with Crippen LogP contribution in [0.1, 0.15) is 39.3 Å². The fraction of sp³-hybridized carbons (Fsp3) is 0.733. The summed E-state index contributed by atoms with van der Waals surface area (Å²) in [4.78, 5) is 28.4. The van der Waals surface area contributed by atoms with Gasteiger partial charge in [0.05, 0.1) is 5.60 Å². The van der Waals surface area contributed by atoms with Gasteiger partial charge in [-0.2, -0.15) is 0 Å². The number of ether oxygens (including phenoxy) is 2. The van der Waals surface area contributed by atoms with E-state index < -0.39 is 23.1 Å². The Bertz CT molecular complexity index is 723. The van der Waals surface area contributed by atoms with Crippen molar-refractivity contribution in [3.8, 4) is 0 Å². The molecule has 9 nitrogen and oxygen atoms in total. The van der Waals surface area contributed by atoms with Crippen LogP contribution in [0.3, 0.4) is 0 Å². The highest BCUT2D eigenvalue weighted by atomic mass is 16.6. The van der Waals surface area contributed by atoms with Gasteiger partial charge in [-0.25, -0.2) is 4.79 Å². The molecule has 1 N–H and O–H groups in total. The van der Waals surface area contributed by atoms with Crippen LogP contribution in [0, 0.1) is 5.92 Å². The summed E-state index contributed by atoms with van der Waals surface area (Å²) in [6.45, 7) is 4.45. The summed E-state index contributed by atoms with van der Waals surface area (Å²) in [6.07, 6.45) is 2.60. The molecule has 0 aliphatic carbocycles. The predicted octanol–water partition coefficient (Wildman–Crippen LogP) is 1.96. The minimum absolute atomic E-state index is 0.0300. The van der Waals surface area contributed by atoms with Crippen LogP contribution >= 0.6 is 0 Å². The third-order valence-corrected chi connectivity index (χ3v) is 4.88. The quantitative estimate of drug-likeness (QED) is 0.353. The van der Waals surface area contributed by atoms with Crippen LogP contribution in [-0.4, -0.2) is 34.9 Å². The van der Waals surface area contributed by atoms with Gasteiger partial charge in [-0.15, -0.1) is 0 Å². The summed E-state index contributed by atoms with van der Waals surface area (Å²) in [5.74, 6) is 0.0300. The Kier molecular flexibility index (Phi) is 5.82. The lowest BCUT2D eigenvalue weighted by Gasteiger charge is -2.32. The monoisotopic (exact) mass is 337 g/mol. The minimum atomic E-state index is -0.617. The Morgan fingerprint density at radius 2 is 2.29 bits per heavy atom. The highest BCUT2D eigenvalue weighted by Crippen LogP contribution is 2.46. The largest absolute Gasteiger partial charge is 0.376 e. The van der Waals surface area contributed by atoms with Crippen molar-refractivity contribution in [2.75, 3.05) is 13.7 Å². The molecule has 0 amide bonds. The summed E-state index contributed by atoms with van der Waals surface area (Å²) >= 11 is 0. The number of aromatic amines is 1. The van der Waals surface area contributed by atoms with Crippen molar-refractivity contribution >= 4 is 0 Å². The second kappa shape index (κ2) is 7.65. The second-order valence-corrected chi connectivity index (χ2v) is 5.99. The molecule has 1 fully saturated rings. The van der Waals surface area contributed by atoms with E-state index in [9.17, 15) is 9.59 Å². The van der Waals surface area contributed by atoms with E-state index in [0.29, 0.717) is 19.4 Å². The lowest BCUT2D eigenvalue weighted by molar-refractivity contribution is -0.104. The molecule has 0 aromatic carbocycles. The summed E-state index contributed by atoms with van der Waals surface area (Å²) < 4.78 is 13.2. The van der Waals surface area contributed by atoms with Crippen LogP contribution in [0.2, 0.25) is 0 Å². The van der Waals surface area contributed by atoms with Crippen molar-refractivity contribution in [2.45, 2.75) is 51.0 Å². The first-order valence-electron chi connectivity index (χ1n) is 8.02. The van der Waals surface area contributed by atoms with Crippen molar-refractivity contribution in [1.82, 2.24) is 9.55 Å². The first-order chi connectivity index (χ1) is 11.5. The molecule has 2 heterocycles. The maximum absolute atomic E-state index is 12.1. The number of nitrogens with zero attached hydrogens (tertiary/aromatic N) is 4. The van der Waals surface area contributed by atoms with Crippen LogP contribution in [0.15, 0.2) is 27.0 Å². The second-order valence-electron chi connectivity index (χ2n) is 5.99. The van der Waals surface area contributed by atoms with Gasteiger partial charge in [-0.3, -0.25) is 14.3 Å². The zero-order valence-corrected chi connectivity index (χ0v) is 14.1. The van der Waals surface area contributed by atoms with Crippen LogP contribution in [0.25, 0.3) is 10.4 Å². The number of azide groups is 1. The Labute approximate surface area is 139 Å². The molecule has 9 heteroatoms. The average molecular weight is 337 g/mol. The van der Waals surface area contributed by atoms with Gasteiger partial charge >= 0.3 is 5.69 Å². The van der Waals surface area contributed by atoms with Gasteiger partial charge in [0.1, 0.15) is 6.10 Å². The van der Waals surface area contributed by atoms with Gasteiger partial charge in [0, 0.05) is 36.7 Å². The van der Waals surface area contributed by atoms with E-state index in [4.69, 9.17) is 15.0 Å². The van der Waals surface area contributed by atoms with Crippen LogP contribution in [0.5, 0.6) is 0 Å². The third kappa shape index (κ3) is 3.38. The summed E-state index contributed by atoms with van der Waals surface area (Å²) in [5, 5.41) is 3.56. The minimum Gasteiger partial charge on any atom is -0.376 e. The van der Waals surface area contributed by atoms with Crippen molar-refractivity contribution < 1.29 is 9.47 Å². The molecule has 0 saturated carbocycles. The normalized spacial score (nSPS) is 29.4. The molecular formula is C15H23N5O4. The maximum atomic E-state index is 12.1. The van der Waals surface area contributed by atoms with Gasteiger partial charge < -0.3 is 9.47 Å². The molecule has 1 saturated heterocycles. The van der Waals surface area contributed by atoms with Crippen molar-refractivity contribution in [1.29, 1.82) is 0 Å². The molecule has 1 unspecified atom stereocenters. The molecule has 4 atom stereocenters. The number of rotatable bonds is 7. The average Bonchev–Trinajstić information content (AvgIpc) is 2.84. The molecular weight excluding hydrogens is 314 g/mol. The zero-order valence-electron chi connectivity index (χ0n) is 14.1. The molecule has 1 aliphatic rings. The molecule has 24 heavy (non-hydrogen) atoms. The van der Waals surface area contributed by atoms with E-state index in [2.05, 4.69) is 15.0 Å². The van der Waals surface area contributed by atoms with Gasteiger partial charge in [0.2, 0.25) is 0 Å². The highest BCUT2D eigenvalue weighted by Gasteiger charge is 2.52. The smallest absolute Gasteiger partial charge is 0.330 e. The van der Waals surface area contributed by atoms with E-state index in [0.717, 1.165) is 6.42 Å². The zero-order chi connectivity index (χ0) is 17.7. The SMILES string of the molecule is CC[C@@]1(CCCN=[N+]=[N-])O[C@@H](n2ccc(=O)[nH]c2=O)C(OC)[C@H]1C. The fourth-order valence-corrected chi connectivity index (χ4v) is 3.49. The van der Waals surface area contributed by atoms with Crippen LogP contribution in [0.4, 0.5) is 0 Å². The Morgan fingerprint density at radius 1 is 1.54 bits per heavy atom. The maximum Gasteiger partial charge on any atom is 0.330 e. The molecule has 0 spiro atoms. The van der Waals surface area contributed by atoms with Crippen LogP contribution < -0.4 is 11.2 Å². The molecule has 132 valence electrons. The number of methoxy groups -OCH3 is 1. The van der Waals surface area contributed by atoms with Crippen molar-refractivity contribution in [3.63, 3.8) is 0 Å². The number of hydrogen-bond donors (Lipinski definition) is 1. The van der Waals surface area contributed by atoms with Gasteiger partial charge in [-0.05, 0) is 24.8 Å². The number of hydrogen-bond acceptors (Lipinski definition) is 5. The van der Waals surface area contributed by atoms with E-state index in [1.54, 1.807) is 7.11 Å². The fourth-order valence-electron chi connectivity index (χ4n) is 3.49. The number of aromatic nitrogens is 2. The lowest BCUT2D eigenvalue weighted by Crippen LogP contribution is -2.37. The molecule has 2 rings (SSSR count).